The molecular formula is C14H34O6. The number of hydrogen-bond acceptors (Lipinski definition) is 6. The van der Waals surface area contributed by atoms with E-state index in [0.717, 1.165) is 25.9 Å². The van der Waals surface area contributed by atoms with E-state index in [1.165, 1.54) is 0 Å². The minimum absolute atomic E-state index is 0.133. The predicted octanol–water partition coefficient (Wildman–Crippen LogP) is 0.826. The molecule has 0 fully saturated rings. The van der Waals surface area contributed by atoms with Crippen LogP contribution in [0.5, 0.6) is 0 Å². The Morgan fingerprint density at radius 2 is 1.30 bits per heavy atom. The Kier molecular flexibility index (Phi) is 38.7. The van der Waals surface area contributed by atoms with Crippen molar-refractivity contribution in [2.75, 3.05) is 60.0 Å². The van der Waals surface area contributed by atoms with E-state index in [1.807, 2.05) is 6.92 Å². The molecule has 3 N–H and O–H groups in total. The van der Waals surface area contributed by atoms with Gasteiger partial charge in [-0.05, 0) is 19.8 Å². The van der Waals surface area contributed by atoms with Gasteiger partial charge in [0, 0.05) is 33.5 Å². The minimum atomic E-state index is 0.133. The van der Waals surface area contributed by atoms with Gasteiger partial charge in [0.15, 0.2) is 0 Å². The maximum absolute atomic E-state index is 8.24. The van der Waals surface area contributed by atoms with Crippen molar-refractivity contribution >= 4 is 0 Å². The van der Waals surface area contributed by atoms with Gasteiger partial charge in [-0.2, -0.15) is 0 Å². The molecule has 0 aliphatic rings. The first-order valence-electron chi connectivity index (χ1n) is 7.21. The summed E-state index contributed by atoms with van der Waals surface area (Å²) in [5, 5.41) is 24.4. The molecule has 0 aliphatic heterocycles. The quantitative estimate of drug-likeness (QED) is 0.490. The summed E-state index contributed by atoms with van der Waals surface area (Å²) in [5.41, 5.74) is 0. The molecule has 0 heterocycles. The Morgan fingerprint density at radius 1 is 0.700 bits per heavy atom. The summed E-state index contributed by atoms with van der Waals surface area (Å²) in [5.74, 6) is 0. The molecule has 0 aromatic rings. The standard InChI is InChI=1S/C6H14O2.2C4H10O2/c1-2-3-5-8-6-4-7;1-6-4-2-3-5;1-2-6-4-3-5/h7H,2-6H2,1H3;2*5H,2-4H2,1H3. The number of unbranched alkanes of at least 4 members (excludes halogenated alkanes) is 1. The highest BCUT2D eigenvalue weighted by molar-refractivity contribution is 4.30. The van der Waals surface area contributed by atoms with Crippen molar-refractivity contribution < 1.29 is 29.5 Å². The first-order valence-corrected chi connectivity index (χ1v) is 7.21. The molecule has 0 aliphatic carbocycles. The van der Waals surface area contributed by atoms with Crippen LogP contribution in [0.25, 0.3) is 0 Å². The second-order valence-electron chi connectivity index (χ2n) is 3.68. The van der Waals surface area contributed by atoms with Crippen LogP contribution in [0.4, 0.5) is 0 Å². The number of ether oxygens (including phenoxy) is 3. The topological polar surface area (TPSA) is 88.4 Å². The highest BCUT2D eigenvalue weighted by Crippen LogP contribution is 1.85. The van der Waals surface area contributed by atoms with E-state index < -0.39 is 0 Å². The predicted molar refractivity (Wildman–Crippen MR) is 80.0 cm³/mol. The van der Waals surface area contributed by atoms with E-state index >= 15 is 0 Å². The highest BCUT2D eigenvalue weighted by atomic mass is 16.5. The summed E-state index contributed by atoms with van der Waals surface area (Å²) in [7, 11) is 1.62. The number of methoxy groups -OCH3 is 1. The van der Waals surface area contributed by atoms with Gasteiger partial charge in [0.2, 0.25) is 0 Å². The van der Waals surface area contributed by atoms with Crippen LogP contribution in [-0.2, 0) is 14.2 Å². The van der Waals surface area contributed by atoms with Gasteiger partial charge in [0.05, 0.1) is 26.4 Å². The third-order valence-electron chi connectivity index (χ3n) is 1.82. The fraction of sp³-hybridized carbons (Fsp3) is 1.00. The molecule has 0 rings (SSSR count). The van der Waals surface area contributed by atoms with Crippen LogP contribution >= 0.6 is 0 Å². The molecule has 126 valence electrons. The van der Waals surface area contributed by atoms with E-state index in [2.05, 4.69) is 11.7 Å². The van der Waals surface area contributed by atoms with Crippen LogP contribution < -0.4 is 0 Å². The Morgan fingerprint density at radius 3 is 1.60 bits per heavy atom. The van der Waals surface area contributed by atoms with Gasteiger partial charge < -0.3 is 29.5 Å². The van der Waals surface area contributed by atoms with Crippen molar-refractivity contribution in [3.63, 3.8) is 0 Å². The van der Waals surface area contributed by atoms with Crippen molar-refractivity contribution in [2.24, 2.45) is 0 Å². The molecule has 0 amide bonds. The molecular weight excluding hydrogens is 264 g/mol. The lowest BCUT2D eigenvalue weighted by Crippen LogP contribution is -1.99. The minimum Gasteiger partial charge on any atom is -0.396 e. The monoisotopic (exact) mass is 298 g/mol. The van der Waals surface area contributed by atoms with Crippen LogP contribution in [-0.4, -0.2) is 75.3 Å². The van der Waals surface area contributed by atoms with E-state index in [-0.39, 0.29) is 19.8 Å². The Balaban J connectivity index is -0.000000221. The summed E-state index contributed by atoms with van der Waals surface area (Å²) >= 11 is 0. The maximum atomic E-state index is 8.24. The number of aliphatic hydroxyl groups is 3. The summed E-state index contributed by atoms with van der Waals surface area (Å²) < 4.78 is 14.3. The SMILES string of the molecule is CCCCOCCO.CCOCCO.COCCCO. The van der Waals surface area contributed by atoms with Gasteiger partial charge in [0.1, 0.15) is 0 Å². The highest BCUT2D eigenvalue weighted by Gasteiger charge is 1.82. The largest absolute Gasteiger partial charge is 0.396 e. The number of aliphatic hydroxyl groups excluding tert-OH is 3. The Bertz CT molecular complexity index is 102. The van der Waals surface area contributed by atoms with Crippen LogP contribution in [0.15, 0.2) is 0 Å². The van der Waals surface area contributed by atoms with Crippen LogP contribution in [0.2, 0.25) is 0 Å². The molecule has 0 unspecified atom stereocenters. The van der Waals surface area contributed by atoms with Gasteiger partial charge in [-0.3, -0.25) is 0 Å². The average molecular weight is 298 g/mol. The summed E-state index contributed by atoms with van der Waals surface area (Å²) in [4.78, 5) is 0. The average Bonchev–Trinajstić information content (AvgIpc) is 2.49. The van der Waals surface area contributed by atoms with E-state index in [0.29, 0.717) is 26.4 Å². The Hall–Kier alpha value is -0.240. The zero-order chi connectivity index (χ0) is 15.9. The molecule has 0 spiro atoms. The van der Waals surface area contributed by atoms with Crippen molar-refractivity contribution in [1.82, 2.24) is 0 Å². The molecule has 6 nitrogen and oxygen atoms in total. The second kappa shape index (κ2) is 31.3. The summed E-state index contributed by atoms with van der Waals surface area (Å²) in [6, 6.07) is 0. The molecule has 6 heteroatoms. The molecule has 0 atom stereocenters. The number of hydrogen-bond donors (Lipinski definition) is 3. The maximum Gasteiger partial charge on any atom is 0.0697 e. The zero-order valence-electron chi connectivity index (χ0n) is 13.3. The normalized spacial score (nSPS) is 9.30. The molecule has 0 saturated carbocycles. The fourth-order valence-electron chi connectivity index (χ4n) is 0.831. The van der Waals surface area contributed by atoms with Crippen molar-refractivity contribution in [2.45, 2.75) is 33.1 Å². The van der Waals surface area contributed by atoms with Crippen molar-refractivity contribution in [1.29, 1.82) is 0 Å². The molecule has 20 heavy (non-hydrogen) atoms. The number of rotatable bonds is 11. The van der Waals surface area contributed by atoms with Crippen molar-refractivity contribution in [3.8, 4) is 0 Å². The molecule has 0 aromatic carbocycles. The lowest BCUT2D eigenvalue weighted by Gasteiger charge is -1.97. The molecule has 0 radical (unpaired) electrons. The zero-order valence-corrected chi connectivity index (χ0v) is 13.3. The lowest BCUT2D eigenvalue weighted by atomic mass is 10.4. The van der Waals surface area contributed by atoms with Gasteiger partial charge in [-0.1, -0.05) is 13.3 Å². The second-order valence-corrected chi connectivity index (χ2v) is 3.68. The van der Waals surface area contributed by atoms with E-state index in [9.17, 15) is 0 Å². The molecule has 0 aromatic heterocycles. The first-order chi connectivity index (χ1) is 9.74. The van der Waals surface area contributed by atoms with Gasteiger partial charge >= 0.3 is 0 Å². The third-order valence-corrected chi connectivity index (χ3v) is 1.82. The molecule has 0 saturated heterocycles. The smallest absolute Gasteiger partial charge is 0.0697 e. The van der Waals surface area contributed by atoms with Gasteiger partial charge in [-0.15, -0.1) is 0 Å². The third kappa shape index (κ3) is 43.1. The van der Waals surface area contributed by atoms with Crippen LogP contribution in [0, 0.1) is 0 Å². The first kappa shape index (κ1) is 24.8. The van der Waals surface area contributed by atoms with Crippen LogP contribution in [0.1, 0.15) is 33.1 Å². The summed E-state index contributed by atoms with van der Waals surface area (Å²) in [6.45, 7) is 7.62. The van der Waals surface area contributed by atoms with Gasteiger partial charge in [0.25, 0.3) is 0 Å². The summed E-state index contributed by atoms with van der Waals surface area (Å²) in [6.07, 6.45) is 3.00. The van der Waals surface area contributed by atoms with E-state index in [4.69, 9.17) is 24.8 Å². The Labute approximate surface area is 123 Å². The van der Waals surface area contributed by atoms with E-state index in [1.54, 1.807) is 7.11 Å². The molecule has 0 bridgehead atoms. The van der Waals surface area contributed by atoms with Crippen molar-refractivity contribution in [3.05, 3.63) is 0 Å². The fourth-order valence-corrected chi connectivity index (χ4v) is 0.831. The van der Waals surface area contributed by atoms with Gasteiger partial charge in [-0.25, -0.2) is 0 Å². The lowest BCUT2D eigenvalue weighted by molar-refractivity contribution is 0.0904. The van der Waals surface area contributed by atoms with Crippen LogP contribution in [0.3, 0.4) is 0 Å².